The van der Waals surface area contributed by atoms with E-state index < -0.39 is 0 Å². The van der Waals surface area contributed by atoms with Crippen LogP contribution in [0.5, 0.6) is 0 Å². The predicted molar refractivity (Wildman–Crippen MR) is 75.1 cm³/mol. The van der Waals surface area contributed by atoms with E-state index in [1.165, 1.54) is 18.4 Å². The van der Waals surface area contributed by atoms with E-state index in [2.05, 4.69) is 38.1 Å². The summed E-state index contributed by atoms with van der Waals surface area (Å²) in [5, 5.41) is 0. The fourth-order valence-corrected chi connectivity index (χ4v) is 1.14. The number of unbranched alkanes of at least 4 members (excludes halogenated alkanes) is 1. The lowest BCUT2D eigenvalue weighted by molar-refractivity contribution is 0.744. The van der Waals surface area contributed by atoms with Crippen molar-refractivity contribution in [2.24, 2.45) is 10.9 Å². The molecule has 0 heterocycles. The molecular formula is C15H25N. The molecule has 0 aliphatic carbocycles. The third kappa shape index (κ3) is 8.22. The van der Waals surface area contributed by atoms with Crippen LogP contribution in [0.2, 0.25) is 0 Å². The van der Waals surface area contributed by atoms with Crippen LogP contribution in [-0.2, 0) is 0 Å². The summed E-state index contributed by atoms with van der Waals surface area (Å²) in [5.41, 5.74) is 2.25. The van der Waals surface area contributed by atoms with Gasteiger partial charge < -0.3 is 0 Å². The molecule has 0 spiro atoms. The molecule has 0 aliphatic heterocycles. The molecule has 0 unspecified atom stereocenters. The summed E-state index contributed by atoms with van der Waals surface area (Å²) < 4.78 is 0. The first-order valence-electron chi connectivity index (χ1n) is 6.09. The second-order valence-electron chi connectivity index (χ2n) is 4.29. The normalized spacial score (nSPS) is 14.1. The van der Waals surface area contributed by atoms with Gasteiger partial charge in [-0.25, -0.2) is 0 Å². The molecule has 0 aliphatic rings. The molecule has 1 nitrogen and oxygen atoms in total. The standard InChI is InChI=1S/C15H25N/c1-6-8-9-14(4)10-11-15(5)16-12-13(3)7-2/h7,10-11,13H,2,4,6,8-9,12H2,1,3,5H3/b11-10-,16-15?/t13-/m0/s1. The fourth-order valence-electron chi connectivity index (χ4n) is 1.14. The van der Waals surface area contributed by atoms with Gasteiger partial charge in [-0.2, -0.15) is 0 Å². The highest BCUT2D eigenvalue weighted by molar-refractivity contribution is 5.93. The van der Waals surface area contributed by atoms with Crippen LogP contribution in [0.1, 0.15) is 40.0 Å². The molecule has 0 amide bonds. The van der Waals surface area contributed by atoms with Crippen LogP contribution >= 0.6 is 0 Å². The summed E-state index contributed by atoms with van der Waals surface area (Å²) in [7, 11) is 0. The molecule has 0 bridgehead atoms. The minimum Gasteiger partial charge on any atom is -0.289 e. The molecule has 1 atom stereocenters. The summed E-state index contributed by atoms with van der Waals surface area (Å²) in [6, 6.07) is 0. The molecule has 0 fully saturated rings. The Hall–Kier alpha value is -1.11. The van der Waals surface area contributed by atoms with Gasteiger partial charge in [0, 0.05) is 12.3 Å². The van der Waals surface area contributed by atoms with E-state index in [0.717, 1.165) is 18.7 Å². The summed E-state index contributed by atoms with van der Waals surface area (Å²) in [6.07, 6.45) is 9.58. The van der Waals surface area contributed by atoms with E-state index in [9.17, 15) is 0 Å². The van der Waals surface area contributed by atoms with Crippen molar-refractivity contribution in [3.8, 4) is 0 Å². The molecule has 1 heteroatoms. The molecule has 0 aromatic heterocycles. The van der Waals surface area contributed by atoms with Gasteiger partial charge in [-0.15, -0.1) is 6.58 Å². The van der Waals surface area contributed by atoms with Gasteiger partial charge in [-0.05, 0) is 31.8 Å². The summed E-state index contributed by atoms with van der Waals surface area (Å²) in [5.74, 6) is 0.451. The topological polar surface area (TPSA) is 12.4 Å². The highest BCUT2D eigenvalue weighted by atomic mass is 14.7. The Kier molecular flexibility index (Phi) is 8.51. The van der Waals surface area contributed by atoms with Gasteiger partial charge in [-0.1, -0.05) is 44.6 Å². The van der Waals surface area contributed by atoms with Crippen LogP contribution in [0, 0.1) is 5.92 Å². The smallest absolute Gasteiger partial charge is 0.0452 e. The van der Waals surface area contributed by atoms with Crippen molar-refractivity contribution < 1.29 is 0 Å². The summed E-state index contributed by atoms with van der Waals surface area (Å²) in [4.78, 5) is 4.46. The van der Waals surface area contributed by atoms with Crippen LogP contribution in [0.15, 0.2) is 42.0 Å². The first-order valence-corrected chi connectivity index (χ1v) is 6.09. The maximum absolute atomic E-state index is 4.46. The largest absolute Gasteiger partial charge is 0.289 e. The average molecular weight is 219 g/mol. The lowest BCUT2D eigenvalue weighted by Crippen LogP contribution is -1.97. The van der Waals surface area contributed by atoms with Crippen molar-refractivity contribution in [3.05, 3.63) is 37.0 Å². The molecule has 0 N–H and O–H groups in total. The van der Waals surface area contributed by atoms with Gasteiger partial charge in [0.05, 0.1) is 0 Å². The van der Waals surface area contributed by atoms with E-state index >= 15 is 0 Å². The average Bonchev–Trinajstić information content (AvgIpc) is 2.30. The van der Waals surface area contributed by atoms with Gasteiger partial charge in [0.1, 0.15) is 0 Å². The van der Waals surface area contributed by atoms with Crippen LogP contribution < -0.4 is 0 Å². The van der Waals surface area contributed by atoms with Crippen LogP contribution in [0.25, 0.3) is 0 Å². The van der Waals surface area contributed by atoms with Crippen LogP contribution in [-0.4, -0.2) is 12.3 Å². The second-order valence-corrected chi connectivity index (χ2v) is 4.29. The van der Waals surface area contributed by atoms with Crippen molar-refractivity contribution in [1.29, 1.82) is 0 Å². The molecule has 0 aromatic carbocycles. The van der Waals surface area contributed by atoms with Crippen molar-refractivity contribution in [1.82, 2.24) is 0 Å². The van der Waals surface area contributed by atoms with Gasteiger partial charge >= 0.3 is 0 Å². The Morgan fingerprint density at radius 2 is 2.06 bits per heavy atom. The van der Waals surface area contributed by atoms with Crippen molar-refractivity contribution >= 4 is 5.71 Å². The Balaban J connectivity index is 4.01. The van der Waals surface area contributed by atoms with E-state index in [1.807, 2.05) is 19.1 Å². The lowest BCUT2D eigenvalue weighted by atomic mass is 10.1. The third-order valence-corrected chi connectivity index (χ3v) is 2.44. The van der Waals surface area contributed by atoms with Gasteiger partial charge in [0.2, 0.25) is 0 Å². The van der Waals surface area contributed by atoms with Gasteiger partial charge in [0.25, 0.3) is 0 Å². The Labute approximate surface area is 101 Å². The first kappa shape index (κ1) is 14.9. The second kappa shape index (κ2) is 9.14. The van der Waals surface area contributed by atoms with E-state index in [-0.39, 0.29) is 0 Å². The van der Waals surface area contributed by atoms with E-state index in [0.29, 0.717) is 5.92 Å². The van der Waals surface area contributed by atoms with Gasteiger partial charge in [0.15, 0.2) is 0 Å². The van der Waals surface area contributed by atoms with Crippen LogP contribution in [0.4, 0.5) is 0 Å². The van der Waals surface area contributed by atoms with Crippen molar-refractivity contribution in [2.75, 3.05) is 6.54 Å². The molecule has 90 valence electrons. The molecular weight excluding hydrogens is 194 g/mol. The monoisotopic (exact) mass is 219 g/mol. The van der Waals surface area contributed by atoms with Gasteiger partial charge in [-0.3, -0.25) is 4.99 Å². The third-order valence-electron chi connectivity index (χ3n) is 2.44. The Bertz CT molecular complexity index is 271. The molecule has 0 radical (unpaired) electrons. The minimum absolute atomic E-state index is 0.451. The first-order chi connectivity index (χ1) is 7.60. The number of hydrogen-bond acceptors (Lipinski definition) is 1. The minimum atomic E-state index is 0.451. The predicted octanol–water partition coefficient (Wildman–Crippen LogP) is 4.57. The maximum atomic E-state index is 4.46. The molecule has 0 saturated heterocycles. The van der Waals surface area contributed by atoms with E-state index in [4.69, 9.17) is 0 Å². The molecule has 16 heavy (non-hydrogen) atoms. The summed E-state index contributed by atoms with van der Waals surface area (Å²) >= 11 is 0. The fraction of sp³-hybridized carbons (Fsp3) is 0.533. The zero-order valence-electron chi connectivity index (χ0n) is 11.0. The molecule has 0 rings (SSSR count). The molecule has 0 saturated carbocycles. The summed E-state index contributed by atoms with van der Waals surface area (Å²) in [6.45, 7) is 14.9. The van der Waals surface area contributed by atoms with E-state index in [1.54, 1.807) is 0 Å². The SMILES string of the molecule is C=C[C@H](C)CN=C(C)/C=C\C(=C)CCCC. The number of hydrogen-bond donors (Lipinski definition) is 0. The Morgan fingerprint density at radius 1 is 1.38 bits per heavy atom. The van der Waals surface area contributed by atoms with Crippen molar-refractivity contribution in [3.63, 3.8) is 0 Å². The maximum Gasteiger partial charge on any atom is 0.0452 e. The highest BCUT2D eigenvalue weighted by Crippen LogP contribution is 2.06. The number of allylic oxidation sites excluding steroid dienone is 3. The zero-order valence-corrected chi connectivity index (χ0v) is 11.0. The quantitative estimate of drug-likeness (QED) is 0.322. The zero-order chi connectivity index (χ0) is 12.4. The number of aliphatic imine (C=N–C) groups is 1. The van der Waals surface area contributed by atoms with Crippen molar-refractivity contribution in [2.45, 2.75) is 40.0 Å². The lowest BCUT2D eigenvalue weighted by Gasteiger charge is -2.01. The highest BCUT2D eigenvalue weighted by Gasteiger charge is 1.93. The number of rotatable bonds is 8. The van der Waals surface area contributed by atoms with Crippen LogP contribution in [0.3, 0.4) is 0 Å². The molecule has 0 aromatic rings. The number of nitrogens with zero attached hydrogens (tertiary/aromatic N) is 1. The Morgan fingerprint density at radius 3 is 2.62 bits per heavy atom.